The molecule has 2 amide bonds. The number of imidazole rings is 1. The van der Waals surface area contributed by atoms with Crippen LogP contribution in [-0.4, -0.2) is 45.0 Å². The number of piperidine rings is 1. The summed E-state index contributed by atoms with van der Waals surface area (Å²) in [6.45, 7) is 0. The maximum atomic E-state index is 12.5. The molecule has 1 fully saturated rings. The number of terminal acetylenes is 1. The lowest BCUT2D eigenvalue weighted by molar-refractivity contribution is -0.138. The van der Waals surface area contributed by atoms with Crippen molar-refractivity contribution in [2.75, 3.05) is 7.05 Å². The second-order valence-corrected chi connectivity index (χ2v) is 6.95. The molecule has 0 unspecified atom stereocenters. The SMILES string of the molecule is C#CCCC1(CCC(=O)N[C@H]2CCC(=O)N(C)[C@@H]2c2nccn2C)N=N1. The fourth-order valence-corrected chi connectivity index (χ4v) is 3.47. The van der Waals surface area contributed by atoms with E-state index in [0.717, 1.165) is 5.82 Å². The number of carbonyl (C=O) groups is 2. The summed E-state index contributed by atoms with van der Waals surface area (Å²) in [6.07, 6.45) is 12.0. The summed E-state index contributed by atoms with van der Waals surface area (Å²) in [7, 11) is 3.65. The minimum absolute atomic E-state index is 0.0608. The van der Waals surface area contributed by atoms with Gasteiger partial charge in [-0.05, 0) is 6.42 Å². The van der Waals surface area contributed by atoms with Crippen molar-refractivity contribution >= 4 is 11.8 Å². The number of likely N-dealkylation sites (tertiary alicyclic amines) is 1. The van der Waals surface area contributed by atoms with Crippen molar-refractivity contribution in [3.63, 3.8) is 0 Å². The average molecular weight is 356 g/mol. The summed E-state index contributed by atoms with van der Waals surface area (Å²) >= 11 is 0. The number of aryl methyl sites for hydroxylation is 1. The average Bonchev–Trinajstić information content (AvgIpc) is 3.28. The van der Waals surface area contributed by atoms with Crippen LogP contribution < -0.4 is 5.32 Å². The van der Waals surface area contributed by atoms with Gasteiger partial charge in [0, 0.05) is 58.6 Å². The molecule has 1 N–H and O–H groups in total. The van der Waals surface area contributed by atoms with E-state index < -0.39 is 5.66 Å². The Morgan fingerprint density at radius 1 is 1.42 bits per heavy atom. The lowest BCUT2D eigenvalue weighted by atomic mass is 9.94. The van der Waals surface area contributed by atoms with Crippen molar-refractivity contribution in [2.45, 2.75) is 56.3 Å². The fraction of sp³-hybridized carbons (Fsp3) is 0.611. The van der Waals surface area contributed by atoms with Crippen molar-refractivity contribution in [2.24, 2.45) is 17.3 Å². The highest BCUT2D eigenvalue weighted by atomic mass is 16.2. The molecule has 0 aromatic carbocycles. The molecule has 3 rings (SSSR count). The number of hydrogen-bond donors (Lipinski definition) is 1. The second-order valence-electron chi connectivity index (χ2n) is 6.95. The Balaban J connectivity index is 1.62. The van der Waals surface area contributed by atoms with E-state index in [1.165, 1.54) is 0 Å². The van der Waals surface area contributed by atoms with Crippen LogP contribution in [0.25, 0.3) is 0 Å². The quantitative estimate of drug-likeness (QED) is 0.752. The molecular formula is C18H24N6O2. The van der Waals surface area contributed by atoms with Crippen molar-refractivity contribution in [3.8, 4) is 12.3 Å². The highest BCUT2D eigenvalue weighted by Crippen LogP contribution is 2.37. The van der Waals surface area contributed by atoms with Crippen LogP contribution in [-0.2, 0) is 16.6 Å². The topological polar surface area (TPSA) is 92.0 Å². The summed E-state index contributed by atoms with van der Waals surface area (Å²) in [5, 5.41) is 11.2. The first-order valence-electron chi connectivity index (χ1n) is 8.85. The van der Waals surface area contributed by atoms with Crippen LogP contribution >= 0.6 is 0 Å². The van der Waals surface area contributed by atoms with E-state index in [1.54, 1.807) is 18.1 Å². The standard InChI is InChI=1S/C18H24N6O2/c1-4-5-9-18(21-22-18)10-8-14(25)20-13-6-7-15(26)24(3)16(13)17-19-11-12-23(17)2/h1,11-13,16H,5-10H2,2-3H3,(H,20,25)/t13-,16-/m0/s1. The maximum Gasteiger partial charge on any atom is 0.223 e. The van der Waals surface area contributed by atoms with Gasteiger partial charge in [0.25, 0.3) is 0 Å². The van der Waals surface area contributed by atoms with Gasteiger partial charge in [-0.3, -0.25) is 9.59 Å². The molecule has 2 aliphatic heterocycles. The molecule has 0 radical (unpaired) electrons. The number of likely N-dealkylation sites (N-methyl/N-ethyl adjacent to an activating group) is 1. The molecule has 2 aliphatic rings. The normalized spacial score (nSPS) is 23.6. The predicted octanol–water partition coefficient (Wildman–Crippen LogP) is 1.55. The zero-order valence-electron chi connectivity index (χ0n) is 15.2. The van der Waals surface area contributed by atoms with E-state index in [4.69, 9.17) is 6.42 Å². The summed E-state index contributed by atoms with van der Waals surface area (Å²) in [5.41, 5.74) is -0.456. The van der Waals surface area contributed by atoms with Crippen LogP contribution in [0.3, 0.4) is 0 Å². The van der Waals surface area contributed by atoms with E-state index in [0.29, 0.717) is 38.5 Å². The van der Waals surface area contributed by atoms with Crippen molar-refractivity contribution in [1.82, 2.24) is 19.8 Å². The lowest BCUT2D eigenvalue weighted by Crippen LogP contribution is -2.51. The van der Waals surface area contributed by atoms with Crippen molar-refractivity contribution in [3.05, 3.63) is 18.2 Å². The Labute approximate surface area is 153 Å². The smallest absolute Gasteiger partial charge is 0.223 e. The Morgan fingerprint density at radius 3 is 2.81 bits per heavy atom. The molecule has 1 saturated heterocycles. The Morgan fingerprint density at radius 2 is 2.19 bits per heavy atom. The highest BCUT2D eigenvalue weighted by molar-refractivity contribution is 5.79. The van der Waals surface area contributed by atoms with E-state index in [-0.39, 0.29) is 23.9 Å². The molecule has 26 heavy (non-hydrogen) atoms. The van der Waals surface area contributed by atoms with E-state index in [1.807, 2.05) is 17.8 Å². The molecule has 1 aromatic heterocycles. The third-order valence-electron chi connectivity index (χ3n) is 5.14. The van der Waals surface area contributed by atoms with Crippen LogP contribution in [0.5, 0.6) is 0 Å². The summed E-state index contributed by atoms with van der Waals surface area (Å²) in [5.74, 6) is 3.35. The van der Waals surface area contributed by atoms with Gasteiger partial charge in [0.2, 0.25) is 11.8 Å². The molecule has 2 atom stereocenters. The molecule has 8 nitrogen and oxygen atoms in total. The van der Waals surface area contributed by atoms with Gasteiger partial charge >= 0.3 is 0 Å². The first-order chi connectivity index (χ1) is 12.5. The van der Waals surface area contributed by atoms with Crippen LogP contribution in [0.1, 0.15) is 50.4 Å². The van der Waals surface area contributed by atoms with Gasteiger partial charge < -0.3 is 14.8 Å². The number of amides is 2. The Bertz CT molecular complexity index is 756. The first kappa shape index (κ1) is 18.1. The molecular weight excluding hydrogens is 332 g/mol. The molecule has 8 heteroatoms. The molecule has 0 saturated carbocycles. The predicted molar refractivity (Wildman–Crippen MR) is 94.8 cm³/mol. The third-order valence-corrected chi connectivity index (χ3v) is 5.14. The number of nitrogens with one attached hydrogen (secondary N) is 1. The van der Waals surface area contributed by atoms with Gasteiger partial charge in [0.1, 0.15) is 11.9 Å². The minimum atomic E-state index is -0.456. The van der Waals surface area contributed by atoms with E-state index >= 15 is 0 Å². The monoisotopic (exact) mass is 356 g/mol. The van der Waals surface area contributed by atoms with E-state index in [9.17, 15) is 9.59 Å². The number of aromatic nitrogens is 2. The van der Waals surface area contributed by atoms with Gasteiger partial charge in [-0.1, -0.05) is 0 Å². The Hall–Kier alpha value is -2.69. The van der Waals surface area contributed by atoms with Gasteiger partial charge in [-0.2, -0.15) is 10.2 Å². The largest absolute Gasteiger partial charge is 0.351 e. The lowest BCUT2D eigenvalue weighted by Gasteiger charge is -2.38. The van der Waals surface area contributed by atoms with Gasteiger partial charge in [0.05, 0.1) is 6.04 Å². The number of carbonyl (C=O) groups excluding carboxylic acids is 2. The van der Waals surface area contributed by atoms with Crippen LogP contribution in [0.2, 0.25) is 0 Å². The summed E-state index contributed by atoms with van der Waals surface area (Å²) < 4.78 is 1.88. The molecule has 0 spiro atoms. The van der Waals surface area contributed by atoms with Crippen molar-refractivity contribution in [1.29, 1.82) is 0 Å². The number of rotatable bonds is 7. The van der Waals surface area contributed by atoms with Crippen LogP contribution in [0.15, 0.2) is 22.6 Å². The molecule has 0 bridgehead atoms. The summed E-state index contributed by atoms with van der Waals surface area (Å²) in [6, 6.07) is -0.438. The summed E-state index contributed by atoms with van der Waals surface area (Å²) in [4.78, 5) is 30.7. The second kappa shape index (κ2) is 7.28. The molecule has 138 valence electrons. The number of nitrogens with zero attached hydrogens (tertiary/aromatic N) is 5. The highest BCUT2D eigenvalue weighted by Gasteiger charge is 2.41. The number of hydrogen-bond acceptors (Lipinski definition) is 5. The van der Waals surface area contributed by atoms with Crippen LogP contribution in [0.4, 0.5) is 0 Å². The third kappa shape index (κ3) is 3.77. The zero-order valence-corrected chi connectivity index (χ0v) is 15.2. The van der Waals surface area contributed by atoms with Crippen LogP contribution in [0, 0.1) is 12.3 Å². The van der Waals surface area contributed by atoms with Gasteiger partial charge in [-0.25, -0.2) is 4.98 Å². The molecule has 1 aromatic rings. The first-order valence-corrected chi connectivity index (χ1v) is 8.85. The molecule has 0 aliphatic carbocycles. The zero-order chi connectivity index (χ0) is 18.7. The Kier molecular flexibility index (Phi) is 5.07. The minimum Gasteiger partial charge on any atom is -0.351 e. The van der Waals surface area contributed by atoms with Crippen molar-refractivity contribution < 1.29 is 9.59 Å². The van der Waals surface area contributed by atoms with E-state index in [2.05, 4.69) is 26.4 Å². The molecule has 3 heterocycles. The van der Waals surface area contributed by atoms with Gasteiger partial charge in [-0.15, -0.1) is 12.3 Å². The van der Waals surface area contributed by atoms with Gasteiger partial charge in [0.15, 0.2) is 5.66 Å². The maximum absolute atomic E-state index is 12.5. The fourth-order valence-electron chi connectivity index (χ4n) is 3.47.